The quantitative estimate of drug-likeness (QED) is 0.855. The molecule has 19 heavy (non-hydrogen) atoms. The van der Waals surface area contributed by atoms with Crippen molar-refractivity contribution < 1.29 is 14.6 Å². The number of aryl methyl sites for hydroxylation is 1. The maximum Gasteiger partial charge on any atom is 0.312 e. The van der Waals surface area contributed by atoms with Crippen LogP contribution < -0.4 is 10.5 Å². The topological polar surface area (TPSA) is 72.5 Å². The minimum absolute atomic E-state index is 0.0845. The third kappa shape index (κ3) is 3.07. The van der Waals surface area contributed by atoms with Crippen molar-refractivity contribution in [3.8, 4) is 5.75 Å². The van der Waals surface area contributed by atoms with Crippen molar-refractivity contribution in [1.29, 1.82) is 0 Å². The number of aliphatic carboxylic acids is 1. The number of benzene rings is 1. The van der Waals surface area contributed by atoms with Gasteiger partial charge in [0.2, 0.25) is 0 Å². The Kier molecular flexibility index (Phi) is 4.43. The highest BCUT2D eigenvalue weighted by atomic mass is 16.5. The van der Waals surface area contributed by atoms with Crippen molar-refractivity contribution in [1.82, 2.24) is 0 Å². The number of rotatable bonds is 5. The van der Waals surface area contributed by atoms with Crippen LogP contribution in [0.1, 0.15) is 42.7 Å². The summed E-state index contributed by atoms with van der Waals surface area (Å²) in [5.41, 5.74) is 7.27. The smallest absolute Gasteiger partial charge is 0.312 e. The predicted octanol–water partition coefficient (Wildman–Crippen LogP) is 2.44. The molecule has 0 aromatic heterocycles. The first-order valence-corrected chi connectivity index (χ1v) is 6.82. The highest BCUT2D eigenvalue weighted by Gasteiger charge is 2.26. The number of carboxylic acid groups (broad SMARTS) is 1. The molecule has 2 rings (SSSR count). The Balaban J connectivity index is 2.31. The maximum atomic E-state index is 11.3. The summed E-state index contributed by atoms with van der Waals surface area (Å²) in [6.07, 6.45) is 4.69. The monoisotopic (exact) mass is 263 g/mol. The summed E-state index contributed by atoms with van der Waals surface area (Å²) in [6.45, 7) is 1.99. The van der Waals surface area contributed by atoms with Crippen molar-refractivity contribution in [2.75, 3.05) is 6.54 Å². The van der Waals surface area contributed by atoms with E-state index in [4.69, 9.17) is 10.5 Å². The van der Waals surface area contributed by atoms with Crippen molar-refractivity contribution in [3.63, 3.8) is 0 Å². The van der Waals surface area contributed by atoms with E-state index in [0.717, 1.165) is 24.0 Å². The molecule has 3 N–H and O–H groups in total. The van der Waals surface area contributed by atoms with Gasteiger partial charge >= 0.3 is 5.97 Å². The van der Waals surface area contributed by atoms with E-state index in [2.05, 4.69) is 0 Å². The summed E-state index contributed by atoms with van der Waals surface area (Å²) >= 11 is 0. The zero-order valence-electron chi connectivity index (χ0n) is 11.3. The SMILES string of the molecule is Cc1cccc(OC2CCCC2)c1C(CN)C(=O)O. The molecule has 4 heteroatoms. The molecule has 104 valence electrons. The summed E-state index contributed by atoms with van der Waals surface area (Å²) in [5, 5.41) is 9.30. The molecule has 1 aromatic rings. The molecule has 0 bridgehead atoms. The molecular formula is C15H21NO3. The van der Waals surface area contributed by atoms with Gasteiger partial charge in [0.05, 0.1) is 12.0 Å². The molecule has 1 unspecified atom stereocenters. The minimum atomic E-state index is -0.895. The lowest BCUT2D eigenvalue weighted by Gasteiger charge is -2.21. The molecule has 1 aliphatic carbocycles. The van der Waals surface area contributed by atoms with E-state index in [-0.39, 0.29) is 12.6 Å². The standard InChI is InChI=1S/C15H21NO3/c1-10-5-4-8-13(19-11-6-2-3-7-11)14(10)12(9-16)15(17)18/h4-5,8,11-12H,2-3,6-7,9,16H2,1H3,(H,17,18). The molecule has 0 radical (unpaired) electrons. The van der Waals surface area contributed by atoms with Crippen LogP contribution in [0.4, 0.5) is 0 Å². The third-order valence-corrected chi connectivity index (χ3v) is 3.76. The van der Waals surface area contributed by atoms with Gasteiger partial charge in [0, 0.05) is 12.1 Å². The van der Waals surface area contributed by atoms with Crippen LogP contribution >= 0.6 is 0 Å². The fourth-order valence-corrected chi connectivity index (χ4v) is 2.73. The van der Waals surface area contributed by atoms with Crippen LogP contribution in [0.2, 0.25) is 0 Å². The van der Waals surface area contributed by atoms with E-state index < -0.39 is 11.9 Å². The van der Waals surface area contributed by atoms with Crippen LogP contribution in [0.15, 0.2) is 18.2 Å². The average Bonchev–Trinajstić information content (AvgIpc) is 2.86. The van der Waals surface area contributed by atoms with Crippen LogP contribution in [-0.2, 0) is 4.79 Å². The van der Waals surface area contributed by atoms with Gasteiger partial charge in [-0.25, -0.2) is 0 Å². The summed E-state index contributed by atoms with van der Waals surface area (Å²) < 4.78 is 6.00. The van der Waals surface area contributed by atoms with E-state index in [1.807, 2.05) is 25.1 Å². The summed E-state index contributed by atoms with van der Waals surface area (Å²) in [5.74, 6) is -0.907. The van der Waals surface area contributed by atoms with Crippen molar-refractivity contribution in [2.24, 2.45) is 5.73 Å². The van der Waals surface area contributed by atoms with Crippen molar-refractivity contribution >= 4 is 5.97 Å². The Hall–Kier alpha value is -1.55. The van der Waals surface area contributed by atoms with Gasteiger partial charge in [0.15, 0.2) is 0 Å². The molecule has 4 nitrogen and oxygen atoms in total. The van der Waals surface area contributed by atoms with Gasteiger partial charge < -0.3 is 15.6 Å². The summed E-state index contributed by atoms with van der Waals surface area (Å²) in [7, 11) is 0. The third-order valence-electron chi connectivity index (χ3n) is 3.76. The predicted molar refractivity (Wildman–Crippen MR) is 73.5 cm³/mol. The molecule has 0 amide bonds. The zero-order valence-corrected chi connectivity index (χ0v) is 11.3. The second-order valence-electron chi connectivity index (χ2n) is 5.14. The number of carbonyl (C=O) groups is 1. The molecule has 0 spiro atoms. The fourth-order valence-electron chi connectivity index (χ4n) is 2.73. The van der Waals surface area contributed by atoms with E-state index in [9.17, 15) is 9.90 Å². The van der Waals surface area contributed by atoms with Gasteiger partial charge in [-0.05, 0) is 44.2 Å². The highest BCUT2D eigenvalue weighted by molar-refractivity contribution is 5.78. The molecule has 0 heterocycles. The van der Waals surface area contributed by atoms with E-state index in [0.29, 0.717) is 5.75 Å². The van der Waals surface area contributed by atoms with Gasteiger partial charge in [-0.2, -0.15) is 0 Å². The van der Waals surface area contributed by atoms with Crippen molar-refractivity contribution in [2.45, 2.75) is 44.6 Å². The molecule has 1 fully saturated rings. The van der Waals surface area contributed by atoms with Gasteiger partial charge in [-0.3, -0.25) is 4.79 Å². The lowest BCUT2D eigenvalue weighted by molar-refractivity contribution is -0.138. The van der Waals surface area contributed by atoms with Crippen LogP contribution in [0, 0.1) is 6.92 Å². The number of ether oxygens (including phenoxy) is 1. The molecule has 1 atom stereocenters. The van der Waals surface area contributed by atoms with Gasteiger partial charge in [-0.15, -0.1) is 0 Å². The maximum absolute atomic E-state index is 11.3. The first-order chi connectivity index (χ1) is 9.13. The average molecular weight is 263 g/mol. The largest absolute Gasteiger partial charge is 0.490 e. The van der Waals surface area contributed by atoms with Crippen LogP contribution in [0.5, 0.6) is 5.75 Å². The lowest BCUT2D eigenvalue weighted by Crippen LogP contribution is -2.23. The summed E-state index contributed by atoms with van der Waals surface area (Å²) in [6, 6.07) is 5.66. The molecule has 0 aliphatic heterocycles. The molecule has 1 aliphatic rings. The Morgan fingerprint density at radius 1 is 1.47 bits per heavy atom. The lowest BCUT2D eigenvalue weighted by atomic mass is 9.94. The second-order valence-corrected chi connectivity index (χ2v) is 5.14. The van der Waals surface area contributed by atoms with E-state index in [1.54, 1.807) is 0 Å². The van der Waals surface area contributed by atoms with E-state index in [1.165, 1.54) is 12.8 Å². The first-order valence-electron chi connectivity index (χ1n) is 6.82. The summed E-state index contributed by atoms with van der Waals surface area (Å²) in [4.78, 5) is 11.3. The number of nitrogens with two attached hydrogens (primary N) is 1. The highest BCUT2D eigenvalue weighted by Crippen LogP contribution is 2.33. The van der Waals surface area contributed by atoms with Crippen LogP contribution in [0.25, 0.3) is 0 Å². The van der Waals surface area contributed by atoms with Gasteiger partial charge in [0.25, 0.3) is 0 Å². The van der Waals surface area contributed by atoms with Crippen LogP contribution in [-0.4, -0.2) is 23.7 Å². The molecule has 1 aromatic carbocycles. The first kappa shape index (κ1) is 13.9. The van der Waals surface area contributed by atoms with Crippen LogP contribution in [0.3, 0.4) is 0 Å². The Bertz CT molecular complexity index is 453. The van der Waals surface area contributed by atoms with E-state index >= 15 is 0 Å². The van der Waals surface area contributed by atoms with Crippen molar-refractivity contribution in [3.05, 3.63) is 29.3 Å². The zero-order chi connectivity index (χ0) is 13.8. The minimum Gasteiger partial charge on any atom is -0.490 e. The Morgan fingerprint density at radius 3 is 2.74 bits per heavy atom. The second kappa shape index (κ2) is 6.06. The molecular weight excluding hydrogens is 242 g/mol. The number of hydrogen-bond donors (Lipinski definition) is 2. The number of hydrogen-bond acceptors (Lipinski definition) is 3. The van der Waals surface area contributed by atoms with Gasteiger partial charge in [-0.1, -0.05) is 12.1 Å². The normalized spacial score (nSPS) is 17.4. The number of carboxylic acids is 1. The Morgan fingerprint density at radius 2 is 2.16 bits per heavy atom. The molecule has 0 saturated heterocycles. The van der Waals surface area contributed by atoms with Gasteiger partial charge in [0.1, 0.15) is 5.75 Å². The molecule has 1 saturated carbocycles. The fraction of sp³-hybridized carbons (Fsp3) is 0.533. The Labute approximate surface area is 113 Å².